The number of morpholine rings is 1. The quantitative estimate of drug-likeness (QED) is 0.838. The highest BCUT2D eigenvalue weighted by Gasteiger charge is 2.18. The molecule has 1 unspecified atom stereocenters. The van der Waals surface area contributed by atoms with Crippen molar-refractivity contribution < 1.29 is 9.84 Å². The Morgan fingerprint density at radius 2 is 2.37 bits per heavy atom. The largest absolute Gasteiger partial charge is 0.384 e. The lowest BCUT2D eigenvalue weighted by molar-refractivity contribution is -0.0324. The van der Waals surface area contributed by atoms with Crippen molar-refractivity contribution >= 4 is 0 Å². The Kier molecular flexibility index (Phi) is 5.41. The number of rotatable bonds is 3. The van der Waals surface area contributed by atoms with Gasteiger partial charge in [0.05, 0.1) is 12.7 Å². The SMILES string of the molecule is CCC1CN(Cc2cccc(C#CCO)c2)CCO1. The lowest BCUT2D eigenvalue weighted by atomic mass is 10.1. The first-order valence-electron chi connectivity index (χ1n) is 6.84. The van der Waals surface area contributed by atoms with Crippen LogP contribution in [0.4, 0.5) is 0 Å². The standard InChI is InChI=1S/C16H21NO2/c1-2-16-13-17(8-10-19-16)12-15-6-3-5-14(11-15)7-4-9-18/h3,5-6,11,16,18H,2,8-10,12-13H2,1H3. The Bertz CT molecular complexity index is 461. The van der Waals surface area contributed by atoms with Crippen molar-refractivity contribution in [1.29, 1.82) is 0 Å². The fourth-order valence-corrected chi connectivity index (χ4v) is 2.32. The third-order valence-corrected chi connectivity index (χ3v) is 3.32. The van der Waals surface area contributed by atoms with Gasteiger partial charge < -0.3 is 9.84 Å². The molecule has 3 nitrogen and oxygen atoms in total. The van der Waals surface area contributed by atoms with Crippen LogP contribution in [-0.4, -0.2) is 42.4 Å². The van der Waals surface area contributed by atoms with Crippen molar-refractivity contribution in [2.24, 2.45) is 0 Å². The Morgan fingerprint density at radius 1 is 1.47 bits per heavy atom. The number of hydrogen-bond donors (Lipinski definition) is 1. The third-order valence-electron chi connectivity index (χ3n) is 3.32. The van der Waals surface area contributed by atoms with E-state index in [9.17, 15) is 0 Å². The van der Waals surface area contributed by atoms with Gasteiger partial charge in [-0.05, 0) is 24.1 Å². The number of benzene rings is 1. The molecule has 1 fully saturated rings. The predicted octanol–water partition coefficient (Wildman–Crippen LogP) is 1.64. The average molecular weight is 259 g/mol. The molecule has 1 N–H and O–H groups in total. The molecule has 1 saturated heterocycles. The van der Waals surface area contributed by atoms with Gasteiger partial charge in [0.2, 0.25) is 0 Å². The van der Waals surface area contributed by atoms with Crippen LogP contribution in [0, 0.1) is 11.8 Å². The zero-order chi connectivity index (χ0) is 13.5. The Balaban J connectivity index is 1.98. The van der Waals surface area contributed by atoms with Gasteiger partial charge in [0.1, 0.15) is 6.61 Å². The number of aliphatic hydroxyl groups is 1. The number of nitrogens with zero attached hydrogens (tertiary/aromatic N) is 1. The van der Waals surface area contributed by atoms with E-state index in [0.717, 1.165) is 38.2 Å². The van der Waals surface area contributed by atoms with E-state index in [-0.39, 0.29) is 6.61 Å². The molecule has 1 atom stereocenters. The van der Waals surface area contributed by atoms with Crippen LogP contribution in [-0.2, 0) is 11.3 Å². The summed E-state index contributed by atoms with van der Waals surface area (Å²) in [5.74, 6) is 5.63. The van der Waals surface area contributed by atoms with Gasteiger partial charge in [-0.1, -0.05) is 30.9 Å². The molecule has 19 heavy (non-hydrogen) atoms. The van der Waals surface area contributed by atoms with Crippen molar-refractivity contribution in [2.75, 3.05) is 26.3 Å². The summed E-state index contributed by atoms with van der Waals surface area (Å²) in [5, 5.41) is 8.72. The Labute approximate surface area is 115 Å². The number of aliphatic hydroxyl groups excluding tert-OH is 1. The molecular formula is C16H21NO2. The maximum Gasteiger partial charge on any atom is 0.104 e. The molecule has 0 bridgehead atoms. The molecule has 1 aromatic rings. The van der Waals surface area contributed by atoms with Crippen LogP contribution < -0.4 is 0 Å². The minimum Gasteiger partial charge on any atom is -0.384 e. The predicted molar refractivity (Wildman–Crippen MR) is 75.7 cm³/mol. The van der Waals surface area contributed by atoms with Gasteiger partial charge in [-0.3, -0.25) is 4.90 Å². The first-order valence-corrected chi connectivity index (χ1v) is 6.84. The third kappa shape index (κ3) is 4.36. The zero-order valence-electron chi connectivity index (χ0n) is 11.4. The highest BCUT2D eigenvalue weighted by atomic mass is 16.5. The van der Waals surface area contributed by atoms with Gasteiger partial charge in [0.25, 0.3) is 0 Å². The van der Waals surface area contributed by atoms with E-state index in [0.29, 0.717) is 6.10 Å². The summed E-state index contributed by atoms with van der Waals surface area (Å²) >= 11 is 0. The fraction of sp³-hybridized carbons (Fsp3) is 0.500. The molecule has 0 spiro atoms. The molecule has 0 aliphatic carbocycles. The van der Waals surface area contributed by atoms with E-state index in [4.69, 9.17) is 9.84 Å². The molecule has 0 radical (unpaired) electrons. The minimum absolute atomic E-state index is 0.0914. The van der Waals surface area contributed by atoms with E-state index >= 15 is 0 Å². The molecule has 0 saturated carbocycles. The maximum atomic E-state index is 8.72. The summed E-state index contributed by atoms with van der Waals surface area (Å²) < 4.78 is 5.68. The summed E-state index contributed by atoms with van der Waals surface area (Å²) in [7, 11) is 0. The van der Waals surface area contributed by atoms with Crippen LogP contribution in [0.15, 0.2) is 24.3 Å². The van der Waals surface area contributed by atoms with Gasteiger partial charge in [-0.15, -0.1) is 0 Å². The van der Waals surface area contributed by atoms with Crippen LogP contribution in [0.25, 0.3) is 0 Å². The smallest absolute Gasteiger partial charge is 0.104 e. The summed E-state index contributed by atoms with van der Waals surface area (Å²) in [6, 6.07) is 8.22. The molecule has 2 rings (SSSR count). The molecule has 0 amide bonds. The maximum absolute atomic E-state index is 8.72. The van der Waals surface area contributed by atoms with Crippen LogP contribution in [0.1, 0.15) is 24.5 Å². The van der Waals surface area contributed by atoms with Gasteiger partial charge in [-0.25, -0.2) is 0 Å². The monoisotopic (exact) mass is 259 g/mol. The van der Waals surface area contributed by atoms with Gasteiger partial charge in [0.15, 0.2) is 0 Å². The highest BCUT2D eigenvalue weighted by Crippen LogP contribution is 2.13. The zero-order valence-corrected chi connectivity index (χ0v) is 11.4. The van der Waals surface area contributed by atoms with Crippen molar-refractivity contribution in [3.8, 4) is 11.8 Å². The van der Waals surface area contributed by atoms with Crippen molar-refractivity contribution in [3.05, 3.63) is 35.4 Å². The first-order chi connectivity index (χ1) is 9.31. The van der Waals surface area contributed by atoms with Gasteiger partial charge >= 0.3 is 0 Å². The highest BCUT2D eigenvalue weighted by molar-refractivity contribution is 5.37. The van der Waals surface area contributed by atoms with Gasteiger partial charge in [0, 0.05) is 25.2 Å². The van der Waals surface area contributed by atoms with Crippen molar-refractivity contribution in [1.82, 2.24) is 4.90 Å². The summed E-state index contributed by atoms with van der Waals surface area (Å²) in [5.41, 5.74) is 2.23. The molecule has 3 heteroatoms. The van der Waals surface area contributed by atoms with E-state index in [2.05, 4.69) is 35.8 Å². The second-order valence-corrected chi connectivity index (χ2v) is 4.80. The second-order valence-electron chi connectivity index (χ2n) is 4.80. The van der Waals surface area contributed by atoms with E-state index in [1.807, 2.05) is 12.1 Å². The van der Waals surface area contributed by atoms with E-state index in [1.54, 1.807) is 0 Å². The van der Waals surface area contributed by atoms with Gasteiger partial charge in [-0.2, -0.15) is 0 Å². The molecule has 1 aromatic carbocycles. The topological polar surface area (TPSA) is 32.7 Å². The molecular weight excluding hydrogens is 238 g/mol. The minimum atomic E-state index is -0.0914. The second kappa shape index (κ2) is 7.30. The van der Waals surface area contributed by atoms with E-state index in [1.165, 1.54) is 5.56 Å². The van der Waals surface area contributed by atoms with Crippen molar-refractivity contribution in [2.45, 2.75) is 26.0 Å². The Morgan fingerprint density at radius 3 is 3.16 bits per heavy atom. The van der Waals surface area contributed by atoms with Crippen LogP contribution >= 0.6 is 0 Å². The lowest BCUT2D eigenvalue weighted by Crippen LogP contribution is -2.41. The fourth-order valence-electron chi connectivity index (χ4n) is 2.32. The Hall–Kier alpha value is -1.34. The molecule has 1 aliphatic rings. The average Bonchev–Trinajstić information content (AvgIpc) is 2.46. The van der Waals surface area contributed by atoms with Crippen LogP contribution in [0.2, 0.25) is 0 Å². The molecule has 1 heterocycles. The van der Waals surface area contributed by atoms with Crippen LogP contribution in [0.3, 0.4) is 0 Å². The summed E-state index contributed by atoms with van der Waals surface area (Å²) in [6.07, 6.45) is 1.43. The summed E-state index contributed by atoms with van der Waals surface area (Å²) in [4.78, 5) is 2.43. The van der Waals surface area contributed by atoms with E-state index < -0.39 is 0 Å². The molecule has 0 aromatic heterocycles. The van der Waals surface area contributed by atoms with Crippen molar-refractivity contribution in [3.63, 3.8) is 0 Å². The lowest BCUT2D eigenvalue weighted by Gasteiger charge is -2.32. The summed E-state index contributed by atoms with van der Waals surface area (Å²) in [6.45, 7) is 5.83. The molecule has 102 valence electrons. The molecule has 1 aliphatic heterocycles. The normalized spacial score (nSPS) is 19.8. The first kappa shape index (κ1) is 14.1. The van der Waals surface area contributed by atoms with Crippen LogP contribution in [0.5, 0.6) is 0 Å². The number of ether oxygens (including phenoxy) is 1. The number of hydrogen-bond acceptors (Lipinski definition) is 3.